The summed E-state index contributed by atoms with van der Waals surface area (Å²) in [4.78, 5) is 22.9. The van der Waals surface area contributed by atoms with Crippen molar-refractivity contribution in [3.8, 4) is 0 Å². The lowest BCUT2D eigenvalue weighted by Gasteiger charge is -2.09. The summed E-state index contributed by atoms with van der Waals surface area (Å²) in [5, 5.41) is 1.53. The smallest absolute Gasteiger partial charge is 0.366 e. The molecule has 0 spiro atoms. The lowest BCUT2D eigenvalue weighted by molar-refractivity contribution is -0.137. The van der Waals surface area contributed by atoms with E-state index < -0.39 is 51.5 Å². The number of primary amides is 1. The Kier molecular flexibility index (Phi) is 5.85. The fourth-order valence-electron chi connectivity index (χ4n) is 2.04. The van der Waals surface area contributed by atoms with Crippen molar-refractivity contribution >= 4 is 35.2 Å². The Morgan fingerprint density at radius 2 is 1.74 bits per heavy atom. The first-order valence-corrected chi connectivity index (χ1v) is 7.51. The maximum absolute atomic E-state index is 13.7. The molecule has 0 saturated heterocycles. The zero-order chi connectivity index (χ0) is 20.4. The molecule has 0 aliphatic rings. The van der Waals surface area contributed by atoms with Gasteiger partial charge in [-0.3, -0.25) is 9.59 Å². The number of alkyl halides is 3. The Balaban J connectivity index is 2.22. The number of halogens is 6. The van der Waals surface area contributed by atoms with Crippen LogP contribution in [-0.4, -0.2) is 11.8 Å². The van der Waals surface area contributed by atoms with Crippen molar-refractivity contribution in [2.45, 2.75) is 6.18 Å². The van der Waals surface area contributed by atoms with E-state index in [1.54, 1.807) is 0 Å². The van der Waals surface area contributed by atoms with E-state index in [9.17, 15) is 31.5 Å². The van der Waals surface area contributed by atoms with Gasteiger partial charge in [0.2, 0.25) is 5.91 Å². The Morgan fingerprint density at radius 1 is 1.07 bits per heavy atom. The van der Waals surface area contributed by atoms with Gasteiger partial charge in [-0.15, -0.1) is 0 Å². The van der Waals surface area contributed by atoms with Crippen molar-refractivity contribution in [2.75, 3.05) is 5.32 Å². The summed E-state index contributed by atoms with van der Waals surface area (Å²) in [7, 11) is 0. The number of rotatable bonds is 4. The van der Waals surface area contributed by atoms with Gasteiger partial charge >= 0.3 is 6.18 Å². The fourth-order valence-corrected chi connectivity index (χ4v) is 2.27. The van der Waals surface area contributed by atoms with Crippen LogP contribution in [-0.2, 0) is 11.0 Å². The first-order chi connectivity index (χ1) is 12.5. The van der Waals surface area contributed by atoms with Crippen LogP contribution in [0.5, 0.6) is 0 Å². The third-order valence-corrected chi connectivity index (χ3v) is 3.63. The summed E-state index contributed by atoms with van der Waals surface area (Å²) in [5.74, 6) is -4.46. The molecule has 0 saturated carbocycles. The average molecular weight is 405 g/mol. The van der Waals surface area contributed by atoms with Crippen LogP contribution in [0.15, 0.2) is 36.4 Å². The molecular formula is C17H10ClF5N2O2. The maximum Gasteiger partial charge on any atom is 0.417 e. The molecule has 0 aliphatic carbocycles. The van der Waals surface area contributed by atoms with Crippen LogP contribution in [0.3, 0.4) is 0 Å². The molecule has 3 N–H and O–H groups in total. The molecule has 2 aromatic carbocycles. The van der Waals surface area contributed by atoms with Gasteiger partial charge in [0.05, 0.1) is 21.8 Å². The van der Waals surface area contributed by atoms with Crippen LogP contribution >= 0.6 is 11.6 Å². The second kappa shape index (κ2) is 7.75. The number of carbonyl (C=O) groups excluding carboxylic acids is 2. The van der Waals surface area contributed by atoms with E-state index >= 15 is 0 Å². The zero-order valence-electron chi connectivity index (χ0n) is 13.2. The van der Waals surface area contributed by atoms with E-state index in [0.29, 0.717) is 12.1 Å². The fraction of sp³-hybridized carbons (Fsp3) is 0.0588. The van der Waals surface area contributed by atoms with Gasteiger partial charge < -0.3 is 11.1 Å². The quantitative estimate of drug-likeness (QED) is 0.586. The van der Waals surface area contributed by atoms with Crippen molar-refractivity contribution in [2.24, 2.45) is 5.73 Å². The van der Waals surface area contributed by atoms with Gasteiger partial charge in [-0.1, -0.05) is 17.7 Å². The first kappa shape index (κ1) is 20.4. The van der Waals surface area contributed by atoms with Crippen molar-refractivity contribution in [1.29, 1.82) is 0 Å². The number of anilines is 1. The molecule has 0 unspecified atom stereocenters. The zero-order valence-corrected chi connectivity index (χ0v) is 14.0. The van der Waals surface area contributed by atoms with Crippen LogP contribution in [0.4, 0.5) is 27.6 Å². The predicted octanol–water partition coefficient (Wildman–Crippen LogP) is 4.39. The van der Waals surface area contributed by atoms with E-state index in [4.69, 9.17) is 17.3 Å². The van der Waals surface area contributed by atoms with Crippen molar-refractivity contribution in [1.82, 2.24) is 0 Å². The Morgan fingerprint density at radius 3 is 2.33 bits per heavy atom. The minimum absolute atomic E-state index is 0.0132. The predicted molar refractivity (Wildman–Crippen MR) is 89.0 cm³/mol. The summed E-state index contributed by atoms with van der Waals surface area (Å²) in [5.41, 5.74) is 2.70. The maximum atomic E-state index is 13.7. The summed E-state index contributed by atoms with van der Waals surface area (Å²) in [6.07, 6.45) is -2.81. The third-order valence-electron chi connectivity index (χ3n) is 3.30. The number of carbonyl (C=O) groups is 2. The number of nitrogens with two attached hydrogens (primary N) is 1. The lowest BCUT2D eigenvalue weighted by Crippen LogP contribution is -2.16. The molecule has 0 aromatic heterocycles. The van der Waals surface area contributed by atoms with Crippen LogP contribution in [0.1, 0.15) is 21.5 Å². The van der Waals surface area contributed by atoms with Gasteiger partial charge in [-0.25, -0.2) is 8.78 Å². The summed E-state index contributed by atoms with van der Waals surface area (Å²) in [6.45, 7) is 0. The summed E-state index contributed by atoms with van der Waals surface area (Å²) >= 11 is 5.49. The van der Waals surface area contributed by atoms with Crippen molar-refractivity contribution in [3.05, 3.63) is 69.8 Å². The number of hydrogen-bond acceptors (Lipinski definition) is 2. The molecule has 4 nitrogen and oxygen atoms in total. The molecule has 0 radical (unpaired) electrons. The molecule has 0 heterocycles. The molecule has 142 valence electrons. The second-order valence-electron chi connectivity index (χ2n) is 5.24. The van der Waals surface area contributed by atoms with Gasteiger partial charge in [-0.05, 0) is 29.8 Å². The molecule has 0 bridgehead atoms. The normalized spacial score (nSPS) is 11.6. The topological polar surface area (TPSA) is 72.2 Å². The third kappa shape index (κ3) is 5.04. The Bertz CT molecular complexity index is 942. The largest absolute Gasteiger partial charge is 0.417 e. The number of nitrogens with one attached hydrogen (secondary N) is 1. The van der Waals surface area contributed by atoms with Gasteiger partial charge in [0.15, 0.2) is 0 Å². The van der Waals surface area contributed by atoms with E-state index in [-0.39, 0.29) is 5.56 Å². The Hall–Kier alpha value is -2.94. The highest BCUT2D eigenvalue weighted by atomic mass is 35.5. The number of amides is 2. The van der Waals surface area contributed by atoms with E-state index in [1.807, 2.05) is 5.32 Å². The van der Waals surface area contributed by atoms with Crippen LogP contribution in [0.25, 0.3) is 6.08 Å². The van der Waals surface area contributed by atoms with Crippen LogP contribution in [0.2, 0.25) is 5.02 Å². The number of hydrogen-bond donors (Lipinski definition) is 2. The molecule has 0 aliphatic heterocycles. The average Bonchev–Trinajstić information content (AvgIpc) is 2.55. The summed E-state index contributed by atoms with van der Waals surface area (Å²) < 4.78 is 65.5. The highest BCUT2D eigenvalue weighted by Gasteiger charge is 2.33. The van der Waals surface area contributed by atoms with Crippen molar-refractivity contribution < 1.29 is 31.5 Å². The molecule has 2 amide bonds. The molecule has 0 fully saturated rings. The van der Waals surface area contributed by atoms with E-state index in [1.165, 1.54) is 6.07 Å². The minimum Gasteiger partial charge on any atom is -0.366 e. The molecule has 27 heavy (non-hydrogen) atoms. The lowest BCUT2D eigenvalue weighted by atomic mass is 10.1. The monoisotopic (exact) mass is 404 g/mol. The molecule has 10 heteroatoms. The van der Waals surface area contributed by atoms with Gasteiger partial charge in [0.1, 0.15) is 11.6 Å². The second-order valence-corrected chi connectivity index (χ2v) is 5.64. The van der Waals surface area contributed by atoms with Gasteiger partial charge in [0.25, 0.3) is 5.91 Å². The van der Waals surface area contributed by atoms with Crippen LogP contribution in [0, 0.1) is 11.6 Å². The first-order valence-electron chi connectivity index (χ1n) is 7.13. The van der Waals surface area contributed by atoms with E-state index in [2.05, 4.69) is 0 Å². The van der Waals surface area contributed by atoms with E-state index in [0.717, 1.165) is 24.3 Å². The standard InChI is InChI=1S/C17H10ClF5N2O2/c18-11-3-1-8(5-10(11)17(21,22)23)2-4-15(26)25-14-6-9(16(24)27)12(19)7-13(14)20/h1-7H,(H2,24,27)(H,25,26)/b4-2+. The highest BCUT2D eigenvalue weighted by molar-refractivity contribution is 6.31. The molecular weight excluding hydrogens is 395 g/mol. The Labute approximate surface area is 154 Å². The minimum atomic E-state index is -4.68. The molecule has 0 atom stereocenters. The summed E-state index contributed by atoms with van der Waals surface area (Å²) in [6, 6.07) is 4.07. The molecule has 2 rings (SSSR count). The molecule has 2 aromatic rings. The van der Waals surface area contributed by atoms with Crippen LogP contribution < -0.4 is 11.1 Å². The van der Waals surface area contributed by atoms with Gasteiger partial charge in [-0.2, -0.15) is 13.2 Å². The highest BCUT2D eigenvalue weighted by Crippen LogP contribution is 2.35. The van der Waals surface area contributed by atoms with Gasteiger partial charge in [0, 0.05) is 12.1 Å². The SMILES string of the molecule is NC(=O)c1cc(NC(=O)/C=C/c2ccc(Cl)c(C(F)(F)F)c2)c(F)cc1F. The van der Waals surface area contributed by atoms with Crippen molar-refractivity contribution in [3.63, 3.8) is 0 Å². The number of benzene rings is 2.